The number of furan rings is 1. The molecule has 108 valence electrons. The average Bonchev–Trinajstić information content (AvgIpc) is 3.07. The Morgan fingerprint density at radius 3 is 2.80 bits per heavy atom. The predicted molar refractivity (Wildman–Crippen MR) is 72.5 cm³/mol. The van der Waals surface area contributed by atoms with E-state index in [4.69, 9.17) is 9.52 Å². The fourth-order valence-electron chi connectivity index (χ4n) is 2.12. The van der Waals surface area contributed by atoms with Crippen molar-refractivity contribution in [1.29, 1.82) is 0 Å². The van der Waals surface area contributed by atoms with Gasteiger partial charge in [0.15, 0.2) is 0 Å². The molecule has 0 saturated carbocycles. The lowest BCUT2D eigenvalue weighted by atomic mass is 10.2. The van der Waals surface area contributed by atoms with Crippen LogP contribution >= 0.6 is 0 Å². The maximum Gasteiger partial charge on any atom is 0.371 e. The minimum absolute atomic E-state index is 0.129. The van der Waals surface area contributed by atoms with Crippen LogP contribution in [-0.2, 0) is 6.54 Å². The Labute approximate surface area is 116 Å². The maximum atomic E-state index is 11.5. The van der Waals surface area contributed by atoms with Crippen LogP contribution in [0.4, 0.5) is 4.79 Å². The minimum atomic E-state index is -1.12. The van der Waals surface area contributed by atoms with Gasteiger partial charge in [0.1, 0.15) is 5.76 Å². The van der Waals surface area contributed by atoms with E-state index in [1.54, 1.807) is 0 Å². The molecular weight excluding hydrogens is 260 g/mol. The van der Waals surface area contributed by atoms with Crippen LogP contribution < -0.4 is 10.6 Å². The first-order chi connectivity index (χ1) is 9.65. The molecule has 1 heterocycles. The van der Waals surface area contributed by atoms with Crippen LogP contribution in [0.3, 0.4) is 0 Å². The Balaban J connectivity index is 1.65. The second-order valence-electron chi connectivity index (χ2n) is 4.69. The summed E-state index contributed by atoms with van der Waals surface area (Å²) in [6.07, 6.45) is 6.61. The number of hydrogen-bond acceptors (Lipinski definition) is 3. The third-order valence-corrected chi connectivity index (χ3v) is 3.16. The SMILES string of the molecule is O=C(NCCC1=CCCC1)NCc1ccc(C(=O)O)o1. The summed E-state index contributed by atoms with van der Waals surface area (Å²) >= 11 is 0. The number of carbonyl (C=O) groups is 2. The molecule has 0 radical (unpaired) electrons. The molecule has 0 atom stereocenters. The Bertz CT molecular complexity index is 519. The number of carbonyl (C=O) groups excluding carboxylic acids is 1. The summed E-state index contributed by atoms with van der Waals surface area (Å²) in [4.78, 5) is 22.2. The smallest absolute Gasteiger partial charge is 0.371 e. The quantitative estimate of drug-likeness (QED) is 0.696. The molecule has 1 aromatic rings. The molecule has 0 aliphatic heterocycles. The molecule has 6 heteroatoms. The van der Waals surface area contributed by atoms with Gasteiger partial charge in [-0.05, 0) is 37.8 Å². The molecule has 0 spiro atoms. The first kappa shape index (κ1) is 14.2. The van der Waals surface area contributed by atoms with Crippen molar-refractivity contribution in [1.82, 2.24) is 10.6 Å². The fraction of sp³-hybridized carbons (Fsp3) is 0.429. The lowest BCUT2D eigenvalue weighted by Crippen LogP contribution is -2.35. The van der Waals surface area contributed by atoms with Crippen molar-refractivity contribution in [3.8, 4) is 0 Å². The molecule has 20 heavy (non-hydrogen) atoms. The molecule has 3 N–H and O–H groups in total. The van der Waals surface area contributed by atoms with Gasteiger partial charge in [0.05, 0.1) is 6.54 Å². The molecule has 1 aromatic heterocycles. The summed E-state index contributed by atoms with van der Waals surface area (Å²) in [7, 11) is 0. The third kappa shape index (κ3) is 4.15. The first-order valence-electron chi connectivity index (χ1n) is 6.67. The van der Waals surface area contributed by atoms with Gasteiger partial charge in [-0.25, -0.2) is 9.59 Å². The molecule has 0 fully saturated rings. The van der Waals surface area contributed by atoms with E-state index in [0.717, 1.165) is 19.3 Å². The average molecular weight is 278 g/mol. The largest absolute Gasteiger partial charge is 0.475 e. The van der Waals surface area contributed by atoms with Gasteiger partial charge in [0.2, 0.25) is 5.76 Å². The molecular formula is C14H18N2O4. The Hall–Kier alpha value is -2.24. The van der Waals surface area contributed by atoms with Crippen molar-refractivity contribution in [2.75, 3.05) is 6.54 Å². The highest BCUT2D eigenvalue weighted by molar-refractivity contribution is 5.84. The Morgan fingerprint density at radius 1 is 1.30 bits per heavy atom. The second kappa shape index (κ2) is 6.79. The van der Waals surface area contributed by atoms with Crippen LogP contribution in [0.5, 0.6) is 0 Å². The number of hydrogen-bond donors (Lipinski definition) is 3. The van der Waals surface area contributed by atoms with Gasteiger partial charge in [-0.15, -0.1) is 0 Å². The van der Waals surface area contributed by atoms with E-state index in [1.807, 2.05) is 0 Å². The van der Waals surface area contributed by atoms with E-state index in [1.165, 1.54) is 24.1 Å². The standard InChI is InChI=1S/C14H18N2O4/c17-13(18)12-6-5-11(20-12)9-16-14(19)15-8-7-10-3-1-2-4-10/h3,5-6H,1-2,4,7-9H2,(H,17,18)(H2,15,16,19). The van der Waals surface area contributed by atoms with Gasteiger partial charge < -0.3 is 20.2 Å². The molecule has 0 saturated heterocycles. The van der Waals surface area contributed by atoms with Gasteiger partial charge in [-0.3, -0.25) is 0 Å². The first-order valence-corrected chi connectivity index (χ1v) is 6.67. The molecule has 6 nitrogen and oxygen atoms in total. The number of carboxylic acids is 1. The van der Waals surface area contributed by atoms with Crippen LogP contribution in [-0.4, -0.2) is 23.7 Å². The van der Waals surface area contributed by atoms with E-state index in [9.17, 15) is 9.59 Å². The molecule has 1 aliphatic rings. The van der Waals surface area contributed by atoms with Crippen LogP contribution in [0.1, 0.15) is 42.0 Å². The van der Waals surface area contributed by atoms with E-state index in [2.05, 4.69) is 16.7 Å². The lowest BCUT2D eigenvalue weighted by molar-refractivity contribution is 0.0660. The van der Waals surface area contributed by atoms with Crippen molar-refractivity contribution in [3.05, 3.63) is 35.3 Å². The topological polar surface area (TPSA) is 91.6 Å². The van der Waals surface area contributed by atoms with Gasteiger partial charge in [0, 0.05) is 6.54 Å². The Morgan fingerprint density at radius 2 is 2.15 bits per heavy atom. The van der Waals surface area contributed by atoms with Crippen molar-refractivity contribution < 1.29 is 19.1 Å². The van der Waals surface area contributed by atoms with E-state index in [0.29, 0.717) is 12.3 Å². The van der Waals surface area contributed by atoms with Crippen LogP contribution in [0.15, 0.2) is 28.2 Å². The van der Waals surface area contributed by atoms with E-state index >= 15 is 0 Å². The number of allylic oxidation sites excluding steroid dienone is 1. The summed E-state index contributed by atoms with van der Waals surface area (Å²) in [6, 6.07) is 2.62. The molecule has 0 unspecified atom stereocenters. The molecule has 2 amide bonds. The summed E-state index contributed by atoms with van der Waals surface area (Å²) in [5.74, 6) is -0.836. The summed E-state index contributed by atoms with van der Waals surface area (Å²) < 4.78 is 5.03. The van der Waals surface area contributed by atoms with Crippen LogP contribution in [0.25, 0.3) is 0 Å². The monoisotopic (exact) mass is 278 g/mol. The molecule has 0 bridgehead atoms. The van der Waals surface area contributed by atoms with Gasteiger partial charge in [-0.2, -0.15) is 0 Å². The predicted octanol–water partition coefficient (Wildman–Crippen LogP) is 2.28. The van der Waals surface area contributed by atoms with Crippen molar-refractivity contribution >= 4 is 12.0 Å². The Kier molecular flexibility index (Phi) is 4.81. The number of amides is 2. The second-order valence-corrected chi connectivity index (χ2v) is 4.69. The van der Waals surface area contributed by atoms with Gasteiger partial charge in [0.25, 0.3) is 0 Å². The number of aromatic carboxylic acids is 1. The summed E-state index contributed by atoms with van der Waals surface area (Å²) in [6.45, 7) is 0.776. The lowest BCUT2D eigenvalue weighted by Gasteiger charge is -2.06. The normalized spacial score (nSPS) is 13.9. The number of nitrogens with one attached hydrogen (secondary N) is 2. The number of rotatable bonds is 6. The molecule has 1 aliphatic carbocycles. The molecule has 0 aromatic carbocycles. The van der Waals surface area contributed by atoms with E-state index < -0.39 is 5.97 Å². The number of carboxylic acid groups (broad SMARTS) is 1. The van der Waals surface area contributed by atoms with Crippen molar-refractivity contribution in [2.45, 2.75) is 32.2 Å². The zero-order valence-electron chi connectivity index (χ0n) is 11.1. The van der Waals surface area contributed by atoms with Crippen LogP contribution in [0, 0.1) is 0 Å². The van der Waals surface area contributed by atoms with Crippen LogP contribution in [0.2, 0.25) is 0 Å². The fourth-order valence-corrected chi connectivity index (χ4v) is 2.12. The van der Waals surface area contributed by atoms with Crippen molar-refractivity contribution in [3.63, 3.8) is 0 Å². The highest BCUT2D eigenvalue weighted by Gasteiger charge is 2.10. The molecule has 2 rings (SSSR count). The van der Waals surface area contributed by atoms with Gasteiger partial charge in [-0.1, -0.05) is 11.6 Å². The van der Waals surface area contributed by atoms with Crippen molar-refractivity contribution in [2.24, 2.45) is 0 Å². The zero-order valence-corrected chi connectivity index (χ0v) is 11.1. The zero-order chi connectivity index (χ0) is 14.4. The van der Waals surface area contributed by atoms with Gasteiger partial charge >= 0.3 is 12.0 Å². The maximum absolute atomic E-state index is 11.5. The summed E-state index contributed by atoms with van der Waals surface area (Å²) in [5, 5.41) is 14.1. The third-order valence-electron chi connectivity index (χ3n) is 3.16. The highest BCUT2D eigenvalue weighted by atomic mass is 16.4. The number of urea groups is 1. The summed E-state index contributed by atoms with van der Waals surface area (Å²) in [5.41, 5.74) is 1.41. The highest BCUT2D eigenvalue weighted by Crippen LogP contribution is 2.19. The minimum Gasteiger partial charge on any atom is -0.475 e. The van der Waals surface area contributed by atoms with E-state index in [-0.39, 0.29) is 18.3 Å².